The molecule has 0 amide bonds. The number of ketones is 1. The molecule has 1 aromatic rings. The minimum Gasteiger partial charge on any atom is -0.468 e. The first-order chi connectivity index (χ1) is 8.15. The Balaban J connectivity index is 2.32. The van der Waals surface area contributed by atoms with Crippen LogP contribution in [-0.4, -0.2) is 18.9 Å². The second kappa shape index (κ2) is 6.84. The molecule has 1 aromatic carbocycles. The molecule has 0 radical (unpaired) electrons. The number of carbonyl (C=O) groups is 2. The summed E-state index contributed by atoms with van der Waals surface area (Å²) in [6.07, 6.45) is 2.05. The predicted molar refractivity (Wildman–Crippen MR) is 65.6 cm³/mol. The zero-order valence-electron chi connectivity index (χ0n) is 10.3. The Kier molecular flexibility index (Phi) is 5.40. The molecule has 1 atom stereocenters. The normalized spacial score (nSPS) is 11.9. The summed E-state index contributed by atoms with van der Waals surface area (Å²) in [5.41, 5.74) is 1.21. The van der Waals surface area contributed by atoms with Crippen LogP contribution >= 0.6 is 0 Å². The van der Waals surface area contributed by atoms with Crippen molar-refractivity contribution < 1.29 is 14.3 Å². The average molecular weight is 234 g/mol. The average Bonchev–Trinajstić information content (AvgIpc) is 2.38. The Morgan fingerprint density at radius 2 is 1.88 bits per heavy atom. The summed E-state index contributed by atoms with van der Waals surface area (Å²) >= 11 is 0. The van der Waals surface area contributed by atoms with Crippen molar-refractivity contribution >= 4 is 11.8 Å². The van der Waals surface area contributed by atoms with Crippen LogP contribution in [0.4, 0.5) is 0 Å². The maximum Gasteiger partial charge on any atom is 0.315 e. The highest BCUT2D eigenvalue weighted by atomic mass is 16.5. The number of benzene rings is 1. The van der Waals surface area contributed by atoms with E-state index < -0.39 is 11.9 Å². The third-order valence-electron chi connectivity index (χ3n) is 2.77. The fraction of sp³-hybridized carbons (Fsp3) is 0.429. The third-order valence-corrected chi connectivity index (χ3v) is 2.77. The highest BCUT2D eigenvalue weighted by Crippen LogP contribution is 2.09. The van der Waals surface area contributed by atoms with Gasteiger partial charge in [0.2, 0.25) is 0 Å². The molecular weight excluding hydrogens is 216 g/mol. The van der Waals surface area contributed by atoms with E-state index in [-0.39, 0.29) is 5.78 Å². The van der Waals surface area contributed by atoms with E-state index in [0.29, 0.717) is 6.42 Å². The van der Waals surface area contributed by atoms with E-state index in [1.807, 2.05) is 30.3 Å². The largest absolute Gasteiger partial charge is 0.468 e. The zero-order chi connectivity index (χ0) is 12.7. The summed E-state index contributed by atoms with van der Waals surface area (Å²) < 4.78 is 4.54. The fourth-order valence-corrected chi connectivity index (χ4v) is 1.64. The summed E-state index contributed by atoms with van der Waals surface area (Å²) in [4.78, 5) is 22.8. The first-order valence-electron chi connectivity index (χ1n) is 5.79. The lowest BCUT2D eigenvalue weighted by Crippen LogP contribution is -2.22. The van der Waals surface area contributed by atoms with Crippen molar-refractivity contribution in [3.05, 3.63) is 35.9 Å². The van der Waals surface area contributed by atoms with Crippen molar-refractivity contribution in [3.8, 4) is 0 Å². The Labute approximate surface area is 102 Å². The van der Waals surface area contributed by atoms with Crippen molar-refractivity contribution in [2.24, 2.45) is 5.92 Å². The van der Waals surface area contributed by atoms with Crippen molar-refractivity contribution in [3.63, 3.8) is 0 Å². The SMILES string of the molecule is COC(=O)C(C)C(=O)CCCc1ccccc1. The Morgan fingerprint density at radius 3 is 2.47 bits per heavy atom. The number of Topliss-reactive ketones (excluding diaryl/α,β-unsaturated/α-hetero) is 1. The van der Waals surface area contributed by atoms with Gasteiger partial charge in [-0.1, -0.05) is 30.3 Å². The minimum absolute atomic E-state index is 0.0484. The van der Waals surface area contributed by atoms with E-state index in [4.69, 9.17) is 0 Å². The van der Waals surface area contributed by atoms with Gasteiger partial charge in [-0.15, -0.1) is 0 Å². The standard InChI is InChI=1S/C14H18O3/c1-11(14(16)17-2)13(15)10-6-9-12-7-4-3-5-8-12/h3-5,7-8,11H,6,9-10H2,1-2H3. The summed E-state index contributed by atoms with van der Waals surface area (Å²) in [5.74, 6) is -1.14. The monoisotopic (exact) mass is 234 g/mol. The van der Waals surface area contributed by atoms with Crippen molar-refractivity contribution in [2.75, 3.05) is 7.11 Å². The number of esters is 1. The maximum atomic E-state index is 11.6. The van der Waals surface area contributed by atoms with E-state index >= 15 is 0 Å². The molecule has 0 spiro atoms. The molecule has 3 nitrogen and oxygen atoms in total. The first-order valence-corrected chi connectivity index (χ1v) is 5.79. The van der Waals surface area contributed by atoms with Crippen molar-refractivity contribution in [1.82, 2.24) is 0 Å². The van der Waals surface area contributed by atoms with Crippen LogP contribution in [0.15, 0.2) is 30.3 Å². The molecule has 3 heteroatoms. The molecular formula is C14H18O3. The van der Waals surface area contributed by atoms with Gasteiger partial charge in [0, 0.05) is 6.42 Å². The van der Waals surface area contributed by atoms with Gasteiger partial charge in [-0.25, -0.2) is 0 Å². The van der Waals surface area contributed by atoms with Gasteiger partial charge in [0.15, 0.2) is 0 Å². The van der Waals surface area contributed by atoms with Gasteiger partial charge in [0.1, 0.15) is 11.7 Å². The number of methoxy groups -OCH3 is 1. The molecule has 17 heavy (non-hydrogen) atoms. The number of hydrogen-bond acceptors (Lipinski definition) is 3. The van der Waals surface area contributed by atoms with Crippen LogP contribution in [-0.2, 0) is 20.7 Å². The number of ether oxygens (including phenoxy) is 1. The van der Waals surface area contributed by atoms with Gasteiger partial charge < -0.3 is 4.74 Å². The van der Waals surface area contributed by atoms with Gasteiger partial charge in [-0.2, -0.15) is 0 Å². The van der Waals surface area contributed by atoms with Crippen molar-refractivity contribution in [2.45, 2.75) is 26.2 Å². The smallest absolute Gasteiger partial charge is 0.315 e. The van der Waals surface area contributed by atoms with Crippen molar-refractivity contribution in [1.29, 1.82) is 0 Å². The molecule has 0 aliphatic carbocycles. The number of aryl methyl sites for hydroxylation is 1. The molecule has 92 valence electrons. The molecule has 0 aliphatic rings. The summed E-state index contributed by atoms with van der Waals surface area (Å²) in [5, 5.41) is 0. The zero-order valence-corrected chi connectivity index (χ0v) is 10.3. The van der Waals surface area contributed by atoms with E-state index in [9.17, 15) is 9.59 Å². The second-order valence-corrected chi connectivity index (χ2v) is 4.05. The molecule has 0 bridgehead atoms. The Hall–Kier alpha value is -1.64. The quantitative estimate of drug-likeness (QED) is 0.560. The predicted octanol–water partition coefficient (Wildman–Crippen LogP) is 2.39. The second-order valence-electron chi connectivity index (χ2n) is 4.05. The van der Waals surface area contributed by atoms with Crippen LogP contribution in [0.3, 0.4) is 0 Å². The highest BCUT2D eigenvalue weighted by molar-refractivity contribution is 5.98. The summed E-state index contributed by atoms with van der Waals surface area (Å²) in [6, 6.07) is 10.00. The van der Waals surface area contributed by atoms with Gasteiger partial charge >= 0.3 is 5.97 Å². The van der Waals surface area contributed by atoms with E-state index in [1.54, 1.807) is 6.92 Å². The van der Waals surface area contributed by atoms with Gasteiger partial charge in [0.25, 0.3) is 0 Å². The van der Waals surface area contributed by atoms with Crippen LogP contribution in [0.1, 0.15) is 25.3 Å². The van der Waals surface area contributed by atoms with Crippen LogP contribution < -0.4 is 0 Å². The lowest BCUT2D eigenvalue weighted by molar-refractivity contribution is -0.148. The molecule has 0 saturated heterocycles. The molecule has 1 rings (SSSR count). The lowest BCUT2D eigenvalue weighted by atomic mass is 10.00. The molecule has 0 heterocycles. The fourth-order valence-electron chi connectivity index (χ4n) is 1.64. The number of carbonyl (C=O) groups excluding carboxylic acids is 2. The van der Waals surface area contributed by atoms with Gasteiger partial charge in [-0.3, -0.25) is 9.59 Å². The van der Waals surface area contributed by atoms with Crippen LogP contribution in [0.25, 0.3) is 0 Å². The molecule has 0 saturated carbocycles. The Bertz CT molecular complexity index is 370. The number of rotatable bonds is 6. The van der Waals surface area contributed by atoms with Crippen LogP contribution in [0, 0.1) is 5.92 Å². The molecule has 0 N–H and O–H groups in total. The molecule has 0 fully saturated rings. The molecule has 0 aliphatic heterocycles. The van der Waals surface area contributed by atoms with E-state index in [0.717, 1.165) is 12.8 Å². The summed E-state index contributed by atoms with van der Waals surface area (Å²) in [7, 11) is 1.30. The van der Waals surface area contributed by atoms with Gasteiger partial charge in [-0.05, 0) is 25.3 Å². The molecule has 1 unspecified atom stereocenters. The number of hydrogen-bond donors (Lipinski definition) is 0. The molecule has 0 aromatic heterocycles. The lowest BCUT2D eigenvalue weighted by Gasteiger charge is -2.07. The van der Waals surface area contributed by atoms with Crippen LogP contribution in [0.2, 0.25) is 0 Å². The van der Waals surface area contributed by atoms with Crippen LogP contribution in [0.5, 0.6) is 0 Å². The Morgan fingerprint density at radius 1 is 1.24 bits per heavy atom. The highest BCUT2D eigenvalue weighted by Gasteiger charge is 2.20. The van der Waals surface area contributed by atoms with E-state index in [1.165, 1.54) is 12.7 Å². The third kappa shape index (κ3) is 4.39. The van der Waals surface area contributed by atoms with Gasteiger partial charge in [0.05, 0.1) is 7.11 Å². The summed E-state index contributed by atoms with van der Waals surface area (Å²) in [6.45, 7) is 1.59. The first kappa shape index (κ1) is 13.4. The van der Waals surface area contributed by atoms with E-state index in [2.05, 4.69) is 4.74 Å². The maximum absolute atomic E-state index is 11.6. The topological polar surface area (TPSA) is 43.4 Å². The minimum atomic E-state index is -0.643.